The molecule has 2 N–H and O–H groups in total. The molecule has 2 aromatic heterocycles. The molecule has 0 aliphatic rings. The van der Waals surface area contributed by atoms with Gasteiger partial charge in [0.15, 0.2) is 0 Å². The standard InChI is InChI=1S/C24H27N3O3S2/c1-15-10-16(2)12-18(11-15)26-22(28)21-19(7-9-31-21)32-14-17-6-8-25-20(13-17)27-23(29)30-24(3,4)5/h6-13H,14H2,1-5H3,(H,26,28)(H,25,27,29). The molecule has 0 unspecified atom stereocenters. The van der Waals surface area contributed by atoms with Gasteiger partial charge in [0.2, 0.25) is 0 Å². The Kier molecular flexibility index (Phi) is 7.58. The summed E-state index contributed by atoms with van der Waals surface area (Å²) in [5.41, 5.74) is 3.40. The van der Waals surface area contributed by atoms with Gasteiger partial charge in [-0.25, -0.2) is 9.78 Å². The van der Waals surface area contributed by atoms with E-state index >= 15 is 0 Å². The number of rotatable bonds is 6. The summed E-state index contributed by atoms with van der Waals surface area (Å²) in [6, 6.07) is 11.6. The first-order valence-corrected chi connectivity index (χ1v) is 12.0. The maximum Gasteiger partial charge on any atom is 0.413 e. The molecule has 0 spiro atoms. The number of nitrogens with zero attached hydrogens (tertiary/aromatic N) is 1. The third-order valence-corrected chi connectivity index (χ3v) is 6.33. The second kappa shape index (κ2) is 10.2. The van der Waals surface area contributed by atoms with Gasteiger partial charge in [0.1, 0.15) is 16.3 Å². The summed E-state index contributed by atoms with van der Waals surface area (Å²) in [5.74, 6) is 0.941. The average molecular weight is 470 g/mol. The predicted molar refractivity (Wildman–Crippen MR) is 132 cm³/mol. The molecule has 3 rings (SSSR count). The lowest BCUT2D eigenvalue weighted by atomic mass is 10.1. The molecule has 32 heavy (non-hydrogen) atoms. The maximum atomic E-state index is 12.8. The number of pyridine rings is 1. The molecule has 1 aromatic carbocycles. The molecule has 0 atom stereocenters. The van der Waals surface area contributed by atoms with E-state index in [2.05, 4.69) is 21.7 Å². The highest BCUT2D eigenvalue weighted by molar-refractivity contribution is 7.98. The second-order valence-corrected chi connectivity index (χ2v) is 10.3. The zero-order valence-corrected chi connectivity index (χ0v) is 20.4. The quantitative estimate of drug-likeness (QED) is 0.395. The van der Waals surface area contributed by atoms with E-state index in [0.717, 1.165) is 27.3 Å². The van der Waals surface area contributed by atoms with Crippen LogP contribution in [0.2, 0.25) is 0 Å². The van der Waals surface area contributed by atoms with Crippen LogP contribution in [0.5, 0.6) is 0 Å². The van der Waals surface area contributed by atoms with Gasteiger partial charge >= 0.3 is 6.09 Å². The molecule has 0 saturated heterocycles. The Hall–Kier alpha value is -2.84. The summed E-state index contributed by atoms with van der Waals surface area (Å²) >= 11 is 2.99. The van der Waals surface area contributed by atoms with Gasteiger partial charge < -0.3 is 10.1 Å². The van der Waals surface area contributed by atoms with Crippen LogP contribution in [0, 0.1) is 13.8 Å². The van der Waals surface area contributed by atoms with Crippen molar-refractivity contribution >= 4 is 46.6 Å². The lowest BCUT2D eigenvalue weighted by Crippen LogP contribution is -2.27. The van der Waals surface area contributed by atoms with Crippen LogP contribution in [0.15, 0.2) is 52.9 Å². The lowest BCUT2D eigenvalue weighted by molar-refractivity contribution is 0.0635. The molecule has 0 radical (unpaired) electrons. The molecule has 0 saturated carbocycles. The van der Waals surface area contributed by atoms with Gasteiger partial charge in [0.25, 0.3) is 5.91 Å². The largest absolute Gasteiger partial charge is 0.444 e. The fraction of sp³-hybridized carbons (Fsp3) is 0.292. The summed E-state index contributed by atoms with van der Waals surface area (Å²) in [7, 11) is 0. The van der Waals surface area contributed by atoms with Gasteiger partial charge in [-0.2, -0.15) is 0 Å². The minimum Gasteiger partial charge on any atom is -0.444 e. The van der Waals surface area contributed by atoms with Crippen molar-refractivity contribution in [3.8, 4) is 0 Å². The number of nitrogens with one attached hydrogen (secondary N) is 2. The third-order valence-electron chi connectivity index (χ3n) is 4.16. The first-order chi connectivity index (χ1) is 15.1. The first-order valence-electron chi connectivity index (χ1n) is 10.1. The number of aromatic nitrogens is 1. The van der Waals surface area contributed by atoms with Crippen molar-refractivity contribution in [2.75, 3.05) is 10.6 Å². The van der Waals surface area contributed by atoms with Gasteiger partial charge in [0, 0.05) is 22.5 Å². The Morgan fingerprint density at radius 1 is 1.06 bits per heavy atom. The van der Waals surface area contributed by atoms with Gasteiger partial charge in [0.05, 0.1) is 0 Å². The number of thioether (sulfide) groups is 1. The normalized spacial score (nSPS) is 11.2. The summed E-state index contributed by atoms with van der Waals surface area (Å²) < 4.78 is 5.27. The number of hydrogen-bond acceptors (Lipinski definition) is 6. The van der Waals surface area contributed by atoms with Gasteiger partial charge in [-0.3, -0.25) is 10.1 Å². The molecule has 2 amide bonds. The molecular formula is C24H27N3O3S2. The minimum atomic E-state index is -0.579. The van der Waals surface area contributed by atoms with Crippen molar-refractivity contribution in [2.45, 2.75) is 50.9 Å². The highest BCUT2D eigenvalue weighted by Crippen LogP contribution is 2.31. The Labute approximate surface area is 196 Å². The van der Waals surface area contributed by atoms with E-state index in [4.69, 9.17) is 4.74 Å². The van der Waals surface area contributed by atoms with Crippen molar-refractivity contribution in [1.82, 2.24) is 4.98 Å². The highest BCUT2D eigenvalue weighted by atomic mass is 32.2. The molecule has 168 valence electrons. The first kappa shape index (κ1) is 23.8. The predicted octanol–water partition coefficient (Wildman–Crippen LogP) is 6.65. The SMILES string of the molecule is Cc1cc(C)cc(NC(=O)c2sccc2SCc2ccnc(NC(=O)OC(C)(C)C)c2)c1. The molecule has 0 aliphatic carbocycles. The minimum absolute atomic E-state index is 0.116. The zero-order valence-electron chi connectivity index (χ0n) is 18.8. The van der Waals surface area contributed by atoms with Crippen LogP contribution in [0.1, 0.15) is 47.1 Å². The van der Waals surface area contributed by atoms with Crippen molar-refractivity contribution in [3.63, 3.8) is 0 Å². The lowest BCUT2D eigenvalue weighted by Gasteiger charge is -2.19. The van der Waals surface area contributed by atoms with E-state index in [-0.39, 0.29) is 5.91 Å². The average Bonchev–Trinajstić information content (AvgIpc) is 3.13. The number of aryl methyl sites for hydroxylation is 2. The van der Waals surface area contributed by atoms with Crippen LogP contribution in [0.25, 0.3) is 0 Å². The van der Waals surface area contributed by atoms with Crippen LogP contribution in [-0.2, 0) is 10.5 Å². The Bertz CT molecular complexity index is 1100. The zero-order chi connectivity index (χ0) is 23.3. The van der Waals surface area contributed by atoms with Crippen molar-refractivity contribution in [1.29, 1.82) is 0 Å². The molecule has 0 aliphatic heterocycles. The smallest absolute Gasteiger partial charge is 0.413 e. The molecule has 0 fully saturated rings. The van der Waals surface area contributed by atoms with Crippen molar-refractivity contribution in [3.05, 3.63) is 69.5 Å². The van der Waals surface area contributed by atoms with E-state index in [1.54, 1.807) is 24.0 Å². The van der Waals surface area contributed by atoms with E-state index < -0.39 is 11.7 Å². The van der Waals surface area contributed by atoms with Gasteiger partial charge in [-0.15, -0.1) is 23.1 Å². The Morgan fingerprint density at radius 3 is 2.47 bits per heavy atom. The number of carbonyl (C=O) groups is 2. The molecule has 3 aromatic rings. The number of anilines is 2. The summed E-state index contributed by atoms with van der Waals surface area (Å²) in [6.45, 7) is 9.44. The third kappa shape index (κ3) is 7.10. The van der Waals surface area contributed by atoms with Crippen LogP contribution < -0.4 is 10.6 Å². The van der Waals surface area contributed by atoms with E-state index in [9.17, 15) is 9.59 Å². The summed E-state index contributed by atoms with van der Waals surface area (Å²) in [4.78, 5) is 30.6. The topological polar surface area (TPSA) is 80.3 Å². The maximum absolute atomic E-state index is 12.8. The Morgan fingerprint density at radius 2 is 1.78 bits per heavy atom. The fourth-order valence-corrected chi connectivity index (χ4v) is 4.99. The van der Waals surface area contributed by atoms with Crippen LogP contribution in [-0.4, -0.2) is 22.6 Å². The van der Waals surface area contributed by atoms with Crippen LogP contribution in [0.4, 0.5) is 16.3 Å². The number of hydrogen-bond donors (Lipinski definition) is 2. The number of ether oxygens (including phenoxy) is 1. The molecule has 0 bridgehead atoms. The molecule has 6 nitrogen and oxygen atoms in total. The molecular weight excluding hydrogens is 442 g/mol. The fourth-order valence-electron chi connectivity index (χ4n) is 3.01. The van der Waals surface area contributed by atoms with Crippen molar-refractivity contribution < 1.29 is 14.3 Å². The molecule has 2 heterocycles. The summed E-state index contributed by atoms with van der Waals surface area (Å²) in [6.07, 6.45) is 1.10. The van der Waals surface area contributed by atoms with E-state index in [1.165, 1.54) is 11.3 Å². The summed E-state index contributed by atoms with van der Waals surface area (Å²) in [5, 5.41) is 7.57. The Balaban J connectivity index is 1.63. The second-order valence-electron chi connectivity index (χ2n) is 8.41. The number of thiophene rings is 1. The number of amides is 2. The molecule has 8 heteroatoms. The number of carbonyl (C=O) groups excluding carboxylic acids is 2. The van der Waals surface area contributed by atoms with E-state index in [1.807, 2.05) is 64.3 Å². The van der Waals surface area contributed by atoms with Crippen LogP contribution in [0.3, 0.4) is 0 Å². The van der Waals surface area contributed by atoms with Gasteiger partial charge in [-0.1, -0.05) is 6.07 Å². The number of benzene rings is 1. The highest BCUT2D eigenvalue weighted by Gasteiger charge is 2.17. The van der Waals surface area contributed by atoms with Crippen molar-refractivity contribution in [2.24, 2.45) is 0 Å². The van der Waals surface area contributed by atoms with E-state index in [0.29, 0.717) is 16.4 Å². The van der Waals surface area contributed by atoms with Crippen LogP contribution >= 0.6 is 23.1 Å². The monoisotopic (exact) mass is 469 g/mol. The van der Waals surface area contributed by atoms with Gasteiger partial charge in [-0.05, 0) is 87.0 Å².